The van der Waals surface area contributed by atoms with Gasteiger partial charge in [-0.3, -0.25) is 4.79 Å². The van der Waals surface area contributed by atoms with Crippen LogP contribution in [0.25, 0.3) is 0 Å². The number of halogens is 1. The number of nitrogens with one attached hydrogen (secondary N) is 2. The van der Waals surface area contributed by atoms with Crippen LogP contribution < -0.4 is 10.6 Å². The van der Waals surface area contributed by atoms with Crippen LogP contribution in [0.15, 0.2) is 30.0 Å². The van der Waals surface area contributed by atoms with E-state index in [0.29, 0.717) is 31.2 Å². The minimum absolute atomic E-state index is 0.00999. The number of hydrogen-bond acceptors (Lipinski definition) is 4. The van der Waals surface area contributed by atoms with Gasteiger partial charge in [0.1, 0.15) is 11.6 Å². The summed E-state index contributed by atoms with van der Waals surface area (Å²) >= 11 is 5.92. The Hall–Kier alpha value is -2.03. The summed E-state index contributed by atoms with van der Waals surface area (Å²) in [7, 11) is 0. The van der Waals surface area contributed by atoms with Crippen molar-refractivity contribution in [2.75, 3.05) is 25.1 Å². The number of hydrogen-bond donors (Lipinski definition) is 2. The zero-order valence-electron chi connectivity index (χ0n) is 12.8. The fourth-order valence-corrected chi connectivity index (χ4v) is 1.84. The van der Waals surface area contributed by atoms with Crippen molar-refractivity contribution in [1.29, 1.82) is 5.26 Å². The maximum atomic E-state index is 11.9. The van der Waals surface area contributed by atoms with Crippen LogP contribution in [-0.4, -0.2) is 25.7 Å². The number of aryl methyl sites for hydroxylation is 1. The number of benzene rings is 1. The number of carbonyl (C=O) groups is 1. The third kappa shape index (κ3) is 6.17. The Balaban J connectivity index is 2.57. The average molecular weight is 322 g/mol. The maximum absolute atomic E-state index is 11.9. The first-order chi connectivity index (χ1) is 10.6. The minimum atomic E-state index is -0.411. The second-order valence-corrected chi connectivity index (χ2v) is 5.02. The first-order valence-electron chi connectivity index (χ1n) is 7.07. The van der Waals surface area contributed by atoms with E-state index in [4.69, 9.17) is 21.6 Å². The molecule has 118 valence electrons. The zero-order chi connectivity index (χ0) is 16.4. The molecular formula is C16H20ClN3O2. The first-order valence-corrected chi connectivity index (χ1v) is 7.45. The largest absolute Gasteiger partial charge is 0.382 e. The van der Waals surface area contributed by atoms with Gasteiger partial charge >= 0.3 is 0 Å². The van der Waals surface area contributed by atoms with Crippen LogP contribution in [0.3, 0.4) is 0 Å². The van der Waals surface area contributed by atoms with Gasteiger partial charge in [0.05, 0.1) is 0 Å². The molecule has 0 saturated carbocycles. The Morgan fingerprint density at radius 1 is 1.50 bits per heavy atom. The van der Waals surface area contributed by atoms with E-state index in [1.165, 1.54) is 6.20 Å². The highest BCUT2D eigenvalue weighted by atomic mass is 35.5. The SMILES string of the molecule is CCOCCCNC(=O)/C(C#N)=C\Nc1cc(Cl)ccc1C. The van der Waals surface area contributed by atoms with Crippen LogP contribution in [0.1, 0.15) is 18.9 Å². The number of anilines is 1. The number of amides is 1. The number of rotatable bonds is 8. The first kappa shape index (κ1) is 18.0. The normalized spacial score (nSPS) is 10.9. The van der Waals surface area contributed by atoms with Crippen molar-refractivity contribution in [1.82, 2.24) is 5.32 Å². The van der Waals surface area contributed by atoms with Gasteiger partial charge < -0.3 is 15.4 Å². The lowest BCUT2D eigenvalue weighted by atomic mass is 10.2. The smallest absolute Gasteiger partial charge is 0.263 e. The molecular weight excluding hydrogens is 302 g/mol. The monoisotopic (exact) mass is 321 g/mol. The summed E-state index contributed by atoms with van der Waals surface area (Å²) in [5, 5.41) is 15.3. The van der Waals surface area contributed by atoms with Crippen LogP contribution >= 0.6 is 11.6 Å². The van der Waals surface area contributed by atoms with Crippen molar-refractivity contribution in [3.05, 3.63) is 40.6 Å². The molecule has 0 saturated heterocycles. The molecule has 0 aliphatic heterocycles. The highest BCUT2D eigenvalue weighted by molar-refractivity contribution is 6.30. The van der Waals surface area contributed by atoms with Gasteiger partial charge in [-0.2, -0.15) is 5.26 Å². The van der Waals surface area contributed by atoms with E-state index >= 15 is 0 Å². The third-order valence-electron chi connectivity index (χ3n) is 2.89. The summed E-state index contributed by atoms with van der Waals surface area (Å²) in [6.45, 7) is 5.53. The van der Waals surface area contributed by atoms with Crippen LogP contribution in [-0.2, 0) is 9.53 Å². The molecule has 1 aromatic rings. The van der Waals surface area contributed by atoms with Gasteiger partial charge in [-0.1, -0.05) is 17.7 Å². The van der Waals surface area contributed by atoms with Crippen molar-refractivity contribution in [2.45, 2.75) is 20.3 Å². The Bertz CT molecular complexity index is 579. The van der Waals surface area contributed by atoms with Crippen molar-refractivity contribution in [2.24, 2.45) is 0 Å². The standard InChI is InChI=1S/C16H20ClN3O2/c1-3-22-8-4-7-19-16(21)13(10-18)11-20-15-9-14(17)6-5-12(15)2/h5-6,9,11,20H,3-4,7-8H2,1-2H3,(H,19,21)/b13-11-. The van der Waals surface area contributed by atoms with E-state index in [9.17, 15) is 4.79 Å². The lowest BCUT2D eigenvalue weighted by Gasteiger charge is -2.07. The Labute approximate surface area is 135 Å². The number of nitriles is 1. The van der Waals surface area contributed by atoms with Crippen LogP contribution in [0, 0.1) is 18.3 Å². The fraction of sp³-hybridized carbons (Fsp3) is 0.375. The van der Waals surface area contributed by atoms with Crippen LogP contribution in [0.2, 0.25) is 5.02 Å². The Morgan fingerprint density at radius 3 is 2.95 bits per heavy atom. The molecule has 1 amide bonds. The lowest BCUT2D eigenvalue weighted by Crippen LogP contribution is -2.26. The van der Waals surface area contributed by atoms with Gasteiger partial charge in [0, 0.05) is 36.7 Å². The molecule has 1 aromatic carbocycles. The van der Waals surface area contributed by atoms with E-state index in [0.717, 1.165) is 11.3 Å². The minimum Gasteiger partial charge on any atom is -0.382 e. The molecule has 0 aliphatic rings. The van der Waals surface area contributed by atoms with Gasteiger partial charge in [0.25, 0.3) is 5.91 Å². The highest BCUT2D eigenvalue weighted by Gasteiger charge is 2.08. The second kappa shape index (κ2) is 9.82. The van der Waals surface area contributed by atoms with Crippen molar-refractivity contribution < 1.29 is 9.53 Å². The number of nitrogens with zero attached hydrogens (tertiary/aromatic N) is 1. The topological polar surface area (TPSA) is 74.1 Å². The number of ether oxygens (including phenoxy) is 1. The molecule has 0 aliphatic carbocycles. The van der Waals surface area contributed by atoms with Gasteiger partial charge in [-0.25, -0.2) is 0 Å². The maximum Gasteiger partial charge on any atom is 0.263 e. The van der Waals surface area contributed by atoms with Gasteiger partial charge in [-0.05, 0) is 38.0 Å². The van der Waals surface area contributed by atoms with Crippen molar-refractivity contribution >= 4 is 23.2 Å². The summed E-state index contributed by atoms with van der Waals surface area (Å²) in [6, 6.07) is 7.26. The molecule has 5 nitrogen and oxygen atoms in total. The van der Waals surface area contributed by atoms with E-state index in [-0.39, 0.29) is 5.57 Å². The summed E-state index contributed by atoms with van der Waals surface area (Å²) < 4.78 is 5.18. The average Bonchev–Trinajstić information content (AvgIpc) is 2.51. The molecule has 0 radical (unpaired) electrons. The van der Waals surface area contributed by atoms with Crippen LogP contribution in [0.4, 0.5) is 5.69 Å². The predicted octanol–water partition coefficient (Wildman–Crippen LogP) is 3.01. The van der Waals surface area contributed by atoms with E-state index < -0.39 is 5.91 Å². The molecule has 0 aromatic heterocycles. The lowest BCUT2D eigenvalue weighted by molar-refractivity contribution is -0.117. The quantitative estimate of drug-likeness (QED) is 0.438. The molecule has 6 heteroatoms. The van der Waals surface area contributed by atoms with Gasteiger partial charge in [0.15, 0.2) is 0 Å². The molecule has 22 heavy (non-hydrogen) atoms. The molecule has 2 N–H and O–H groups in total. The summed E-state index contributed by atoms with van der Waals surface area (Å²) in [5.41, 5.74) is 1.73. The van der Waals surface area contributed by atoms with Gasteiger partial charge in [-0.15, -0.1) is 0 Å². The summed E-state index contributed by atoms with van der Waals surface area (Å²) in [6.07, 6.45) is 2.09. The van der Waals surface area contributed by atoms with Crippen molar-refractivity contribution in [3.8, 4) is 6.07 Å². The Kier molecular flexibility index (Phi) is 8.05. The second-order valence-electron chi connectivity index (χ2n) is 4.58. The third-order valence-corrected chi connectivity index (χ3v) is 3.13. The predicted molar refractivity (Wildman–Crippen MR) is 87.6 cm³/mol. The Morgan fingerprint density at radius 2 is 2.27 bits per heavy atom. The zero-order valence-corrected chi connectivity index (χ0v) is 13.5. The highest BCUT2D eigenvalue weighted by Crippen LogP contribution is 2.20. The molecule has 0 heterocycles. The van der Waals surface area contributed by atoms with Gasteiger partial charge in [0.2, 0.25) is 0 Å². The summed E-state index contributed by atoms with van der Waals surface area (Å²) in [5.74, 6) is -0.411. The summed E-state index contributed by atoms with van der Waals surface area (Å²) in [4.78, 5) is 11.9. The molecule has 0 fully saturated rings. The molecule has 1 rings (SSSR count). The molecule has 0 unspecified atom stereocenters. The van der Waals surface area contributed by atoms with E-state index in [1.807, 2.05) is 26.0 Å². The van der Waals surface area contributed by atoms with E-state index in [1.54, 1.807) is 12.1 Å². The van der Waals surface area contributed by atoms with E-state index in [2.05, 4.69) is 10.6 Å². The molecule has 0 atom stereocenters. The molecule has 0 bridgehead atoms. The fourth-order valence-electron chi connectivity index (χ4n) is 1.66. The van der Waals surface area contributed by atoms with Crippen molar-refractivity contribution in [3.63, 3.8) is 0 Å². The van der Waals surface area contributed by atoms with Crippen LogP contribution in [0.5, 0.6) is 0 Å². The molecule has 0 spiro atoms. The number of carbonyl (C=O) groups excluding carboxylic acids is 1.